The zero-order chi connectivity index (χ0) is 31.7. The number of hydrogen-bond donors (Lipinski definition) is 2. The first-order chi connectivity index (χ1) is 21.6. The number of benzene rings is 2. The molecule has 6 rings (SSSR count). The highest BCUT2D eigenvalue weighted by Crippen LogP contribution is 2.33. The monoisotopic (exact) mass is 628 g/mol. The van der Waals surface area contributed by atoms with Gasteiger partial charge >= 0.3 is 6.03 Å². The molecule has 45 heavy (non-hydrogen) atoms. The van der Waals surface area contributed by atoms with Gasteiger partial charge in [-0.2, -0.15) is 14.7 Å². The predicted octanol–water partition coefficient (Wildman–Crippen LogP) is 2.23. The van der Waals surface area contributed by atoms with Gasteiger partial charge in [0.05, 0.1) is 22.5 Å². The summed E-state index contributed by atoms with van der Waals surface area (Å²) in [4.78, 5) is 27.9. The van der Waals surface area contributed by atoms with Crippen molar-refractivity contribution in [3.63, 3.8) is 0 Å². The van der Waals surface area contributed by atoms with Crippen LogP contribution in [-0.4, -0.2) is 84.7 Å². The third-order valence-corrected chi connectivity index (χ3v) is 10.9. The number of nitrogens with zero attached hydrogens (tertiary/aromatic N) is 6. The molecule has 13 heteroatoms. The average molecular weight is 629 g/mol. The Hall–Kier alpha value is -4.27. The lowest BCUT2D eigenvalue weighted by Crippen LogP contribution is -2.49. The van der Waals surface area contributed by atoms with Gasteiger partial charge in [0.15, 0.2) is 5.82 Å². The molecular weight excluding hydrogens is 592 g/mol. The van der Waals surface area contributed by atoms with Crippen molar-refractivity contribution >= 4 is 38.7 Å². The van der Waals surface area contributed by atoms with Crippen LogP contribution in [0.2, 0.25) is 0 Å². The molecule has 0 aliphatic carbocycles. The molecular formula is C32H36N8O4S. The van der Waals surface area contributed by atoms with E-state index in [1.807, 2.05) is 13.1 Å². The molecule has 3 aliphatic heterocycles. The van der Waals surface area contributed by atoms with Gasteiger partial charge in [-0.1, -0.05) is 17.9 Å². The Morgan fingerprint density at radius 3 is 2.47 bits per heavy atom. The number of carbonyl (C=O) groups excluding carboxylic acids is 2. The molecule has 3 fully saturated rings. The molecule has 3 saturated heterocycles. The smallest absolute Gasteiger partial charge is 0.328 e. The van der Waals surface area contributed by atoms with E-state index in [0.29, 0.717) is 61.9 Å². The topological polar surface area (TPSA) is 158 Å². The molecule has 3 aliphatic rings. The van der Waals surface area contributed by atoms with Crippen LogP contribution in [0.25, 0.3) is 10.9 Å². The average Bonchev–Trinajstić information content (AvgIpc) is 3.36. The Labute approximate surface area is 262 Å². The van der Waals surface area contributed by atoms with E-state index in [2.05, 4.69) is 45.4 Å². The van der Waals surface area contributed by atoms with E-state index in [4.69, 9.17) is 5.73 Å². The van der Waals surface area contributed by atoms with Crippen molar-refractivity contribution in [2.45, 2.75) is 49.0 Å². The maximum atomic E-state index is 13.2. The van der Waals surface area contributed by atoms with Gasteiger partial charge in [0.1, 0.15) is 6.07 Å². The van der Waals surface area contributed by atoms with E-state index in [0.717, 1.165) is 36.8 Å². The standard InChI is InChI=1S/C32H36N8O4S/c1-37-29-20-24(5-7-28(29)31(36-37)40-18-12-30(41)35-32(40)42)22-8-14-38(15-9-22)13-2-3-23-19-27(6-4-25(23)21-33)45(43,44)39-16-10-26(34)11-17-39/h4-7,19-20,22,26H,8-18,34H2,1H3,(H,35,41,42). The maximum Gasteiger partial charge on any atom is 0.329 e. The van der Waals surface area contributed by atoms with Crippen molar-refractivity contribution in [3.8, 4) is 17.9 Å². The first kappa shape index (κ1) is 30.7. The zero-order valence-corrected chi connectivity index (χ0v) is 26.0. The van der Waals surface area contributed by atoms with Gasteiger partial charge in [0, 0.05) is 50.1 Å². The largest absolute Gasteiger partial charge is 0.329 e. The van der Waals surface area contributed by atoms with Gasteiger partial charge in [0.25, 0.3) is 0 Å². The molecule has 3 amide bonds. The van der Waals surface area contributed by atoms with Gasteiger partial charge < -0.3 is 5.73 Å². The molecule has 3 N–H and O–H groups in total. The van der Waals surface area contributed by atoms with Crippen LogP contribution in [0.4, 0.5) is 10.6 Å². The number of fused-ring (bicyclic) bond motifs is 1. The normalized spacial score (nSPS) is 19.3. The number of carbonyl (C=O) groups is 2. The summed E-state index contributed by atoms with van der Waals surface area (Å²) in [6.45, 7) is 3.30. The van der Waals surface area contributed by atoms with E-state index in [1.165, 1.54) is 33.0 Å². The van der Waals surface area contributed by atoms with E-state index in [9.17, 15) is 23.3 Å². The summed E-state index contributed by atoms with van der Waals surface area (Å²) in [5.74, 6) is 6.87. The van der Waals surface area contributed by atoms with Crippen LogP contribution in [0.3, 0.4) is 0 Å². The van der Waals surface area contributed by atoms with Crippen LogP contribution in [0.15, 0.2) is 41.3 Å². The summed E-state index contributed by atoms with van der Waals surface area (Å²) >= 11 is 0. The Balaban J connectivity index is 1.10. The number of imide groups is 1. The van der Waals surface area contributed by atoms with Crippen LogP contribution in [0.1, 0.15) is 54.7 Å². The third-order valence-electron chi connectivity index (χ3n) is 9.00. The Morgan fingerprint density at radius 1 is 1.00 bits per heavy atom. The molecule has 0 bridgehead atoms. The van der Waals surface area contributed by atoms with Crippen molar-refractivity contribution in [2.75, 3.05) is 44.2 Å². The molecule has 0 radical (unpaired) electrons. The Morgan fingerprint density at radius 2 is 1.76 bits per heavy atom. The number of nitrogens with one attached hydrogen (secondary N) is 1. The molecule has 3 aromatic rings. The number of likely N-dealkylation sites (tertiary alicyclic amines) is 1. The van der Waals surface area contributed by atoms with Crippen LogP contribution < -0.4 is 16.0 Å². The third kappa shape index (κ3) is 6.30. The predicted molar refractivity (Wildman–Crippen MR) is 169 cm³/mol. The number of anilines is 1. The van der Waals surface area contributed by atoms with Crippen LogP contribution in [0.5, 0.6) is 0 Å². The number of hydrogen-bond acceptors (Lipinski definition) is 8. The molecule has 12 nitrogen and oxygen atoms in total. The Bertz CT molecular complexity index is 1850. The second kappa shape index (κ2) is 12.6. The number of rotatable bonds is 5. The van der Waals surface area contributed by atoms with Crippen molar-refractivity contribution in [1.82, 2.24) is 24.3 Å². The summed E-state index contributed by atoms with van der Waals surface area (Å²) in [7, 11) is -1.83. The first-order valence-corrected chi connectivity index (χ1v) is 16.7. The number of aryl methyl sites for hydroxylation is 1. The highest BCUT2D eigenvalue weighted by atomic mass is 32.2. The summed E-state index contributed by atoms with van der Waals surface area (Å²) in [6.07, 6.45) is 3.39. The number of piperidine rings is 2. The first-order valence-electron chi connectivity index (χ1n) is 15.2. The van der Waals surface area contributed by atoms with E-state index >= 15 is 0 Å². The molecule has 4 heterocycles. The van der Waals surface area contributed by atoms with Crippen molar-refractivity contribution in [2.24, 2.45) is 12.8 Å². The molecule has 234 valence electrons. The Kier molecular flexibility index (Phi) is 8.62. The fourth-order valence-electron chi connectivity index (χ4n) is 6.30. The zero-order valence-electron chi connectivity index (χ0n) is 25.2. The molecule has 2 aromatic carbocycles. The van der Waals surface area contributed by atoms with Gasteiger partial charge in [-0.15, -0.1) is 0 Å². The van der Waals surface area contributed by atoms with Crippen LogP contribution in [0, 0.1) is 23.2 Å². The van der Waals surface area contributed by atoms with Crippen LogP contribution >= 0.6 is 0 Å². The van der Waals surface area contributed by atoms with Gasteiger partial charge in [-0.3, -0.25) is 24.6 Å². The maximum absolute atomic E-state index is 13.2. The van der Waals surface area contributed by atoms with Gasteiger partial charge in [0.2, 0.25) is 15.9 Å². The van der Waals surface area contributed by atoms with E-state index in [-0.39, 0.29) is 23.3 Å². The SMILES string of the molecule is Cn1nc(N2CCC(=O)NC2=O)c2ccc(C3CCN(CC#Cc4cc(S(=O)(=O)N5CCC(N)CC5)ccc4C#N)CC3)cc21. The van der Waals surface area contributed by atoms with E-state index in [1.54, 1.807) is 4.68 Å². The number of urea groups is 1. The molecule has 1 aromatic heterocycles. The minimum Gasteiger partial charge on any atom is -0.328 e. The fourth-order valence-corrected chi connectivity index (χ4v) is 7.79. The summed E-state index contributed by atoms with van der Waals surface area (Å²) in [6, 6.07) is 12.5. The number of aromatic nitrogens is 2. The lowest BCUT2D eigenvalue weighted by atomic mass is 9.89. The lowest BCUT2D eigenvalue weighted by molar-refractivity contribution is -0.120. The quantitative estimate of drug-likeness (QED) is 0.408. The van der Waals surface area contributed by atoms with Crippen molar-refractivity contribution < 1.29 is 18.0 Å². The van der Waals surface area contributed by atoms with Gasteiger partial charge in [-0.05, 0) is 80.6 Å². The van der Waals surface area contributed by atoms with Gasteiger partial charge in [-0.25, -0.2) is 13.2 Å². The number of nitrogens with two attached hydrogens (primary N) is 1. The molecule has 0 spiro atoms. The minimum atomic E-state index is -3.68. The van der Waals surface area contributed by atoms with Crippen LogP contribution in [-0.2, 0) is 21.9 Å². The lowest BCUT2D eigenvalue weighted by Gasteiger charge is -2.31. The second-order valence-corrected chi connectivity index (χ2v) is 13.8. The fraction of sp³-hybridized carbons (Fsp3) is 0.438. The number of sulfonamides is 1. The second-order valence-electron chi connectivity index (χ2n) is 11.9. The summed E-state index contributed by atoms with van der Waals surface area (Å²) in [5.41, 5.74) is 8.86. The van der Waals surface area contributed by atoms with Crippen molar-refractivity contribution in [3.05, 3.63) is 53.1 Å². The highest BCUT2D eigenvalue weighted by Gasteiger charge is 2.30. The molecule has 0 saturated carbocycles. The highest BCUT2D eigenvalue weighted by molar-refractivity contribution is 7.89. The van der Waals surface area contributed by atoms with E-state index < -0.39 is 16.1 Å². The number of amides is 3. The van der Waals surface area contributed by atoms with Crippen molar-refractivity contribution in [1.29, 1.82) is 5.26 Å². The molecule has 0 unspecified atom stereocenters. The summed E-state index contributed by atoms with van der Waals surface area (Å²) in [5, 5.41) is 17.4. The minimum absolute atomic E-state index is 0.0204. The number of nitriles is 1. The molecule has 0 atom stereocenters. The summed E-state index contributed by atoms with van der Waals surface area (Å²) < 4.78 is 29.7.